The second-order valence-electron chi connectivity index (χ2n) is 4.15. The molecule has 0 N–H and O–H groups in total. The number of fused-ring (bicyclic) bond motifs is 1. The average molecular weight is 238 g/mol. The van der Waals surface area contributed by atoms with E-state index in [1.165, 1.54) is 0 Å². The van der Waals surface area contributed by atoms with Crippen molar-refractivity contribution < 1.29 is 14.3 Å². The number of benzene rings is 2. The normalized spacial score (nSPS) is 12.6. The summed E-state index contributed by atoms with van der Waals surface area (Å²) in [6.07, 6.45) is 0.437. The lowest BCUT2D eigenvalue weighted by Crippen LogP contribution is -2.21. The Morgan fingerprint density at radius 2 is 1.78 bits per heavy atom. The summed E-state index contributed by atoms with van der Waals surface area (Å²) in [6.45, 7) is 0. The third kappa shape index (κ3) is 1.70. The predicted octanol–water partition coefficient (Wildman–Crippen LogP) is 2.64. The van der Waals surface area contributed by atoms with Gasteiger partial charge in [0.15, 0.2) is 5.78 Å². The zero-order valence-corrected chi connectivity index (χ0v) is 9.55. The topological polar surface area (TPSA) is 43.4 Å². The third-order valence-corrected chi connectivity index (χ3v) is 2.95. The number of rotatable bonds is 2. The molecule has 18 heavy (non-hydrogen) atoms. The van der Waals surface area contributed by atoms with Crippen molar-refractivity contribution in [1.29, 1.82) is 0 Å². The highest BCUT2D eigenvalue weighted by atomic mass is 16.5. The van der Waals surface area contributed by atoms with Crippen LogP contribution in [0.15, 0.2) is 48.5 Å². The van der Waals surface area contributed by atoms with E-state index in [9.17, 15) is 9.59 Å². The van der Waals surface area contributed by atoms with Gasteiger partial charge in [-0.25, -0.2) is 4.79 Å². The van der Waals surface area contributed by atoms with Gasteiger partial charge in [0.25, 0.3) is 0 Å². The van der Waals surface area contributed by atoms with E-state index in [1.807, 2.05) is 12.1 Å². The monoisotopic (exact) mass is 238 g/mol. The SMILES string of the molecule is O=C(Oc1cccc2c1C(=O)C2)c1ccccc1. The maximum absolute atomic E-state index is 11.9. The Morgan fingerprint density at radius 3 is 2.50 bits per heavy atom. The van der Waals surface area contributed by atoms with Gasteiger partial charge in [0.1, 0.15) is 5.75 Å². The van der Waals surface area contributed by atoms with Crippen molar-refractivity contribution in [2.75, 3.05) is 0 Å². The summed E-state index contributed by atoms with van der Waals surface area (Å²) in [7, 11) is 0. The van der Waals surface area contributed by atoms with E-state index >= 15 is 0 Å². The maximum Gasteiger partial charge on any atom is 0.343 e. The Kier molecular flexibility index (Phi) is 2.45. The lowest BCUT2D eigenvalue weighted by atomic mass is 9.86. The molecule has 0 amide bonds. The second-order valence-corrected chi connectivity index (χ2v) is 4.15. The van der Waals surface area contributed by atoms with Gasteiger partial charge in [-0.05, 0) is 23.8 Å². The van der Waals surface area contributed by atoms with Gasteiger partial charge in [-0.2, -0.15) is 0 Å². The molecule has 3 heteroatoms. The van der Waals surface area contributed by atoms with Crippen LogP contribution in [0.5, 0.6) is 5.75 Å². The molecule has 1 aliphatic rings. The van der Waals surface area contributed by atoms with Crippen LogP contribution in [-0.4, -0.2) is 11.8 Å². The van der Waals surface area contributed by atoms with E-state index in [-0.39, 0.29) is 5.78 Å². The van der Waals surface area contributed by atoms with Gasteiger partial charge in [-0.1, -0.05) is 30.3 Å². The Hall–Kier alpha value is -2.42. The summed E-state index contributed by atoms with van der Waals surface area (Å²) >= 11 is 0. The minimum atomic E-state index is -0.441. The zero-order valence-electron chi connectivity index (χ0n) is 9.55. The smallest absolute Gasteiger partial charge is 0.343 e. The molecule has 0 unspecified atom stereocenters. The molecule has 3 rings (SSSR count). The fourth-order valence-electron chi connectivity index (χ4n) is 2.01. The van der Waals surface area contributed by atoms with Gasteiger partial charge >= 0.3 is 5.97 Å². The van der Waals surface area contributed by atoms with E-state index in [0.717, 1.165) is 5.56 Å². The van der Waals surface area contributed by atoms with Crippen LogP contribution in [0.4, 0.5) is 0 Å². The van der Waals surface area contributed by atoms with Crippen molar-refractivity contribution in [2.24, 2.45) is 0 Å². The van der Waals surface area contributed by atoms with Crippen LogP contribution < -0.4 is 4.74 Å². The minimum absolute atomic E-state index is 0.0291. The van der Waals surface area contributed by atoms with E-state index in [4.69, 9.17) is 4.74 Å². The molecule has 0 bridgehead atoms. The maximum atomic E-state index is 11.9. The molecule has 88 valence electrons. The second kappa shape index (κ2) is 4.11. The molecule has 0 saturated heterocycles. The molecule has 1 aliphatic carbocycles. The van der Waals surface area contributed by atoms with Crippen molar-refractivity contribution in [2.45, 2.75) is 6.42 Å². The molecule has 0 saturated carbocycles. The van der Waals surface area contributed by atoms with Crippen molar-refractivity contribution in [3.63, 3.8) is 0 Å². The Balaban J connectivity index is 1.88. The van der Waals surface area contributed by atoms with Crippen LogP contribution in [0.3, 0.4) is 0 Å². The first kappa shape index (κ1) is 10.7. The predicted molar refractivity (Wildman–Crippen MR) is 65.9 cm³/mol. The number of ether oxygens (including phenoxy) is 1. The number of hydrogen-bond donors (Lipinski definition) is 0. The van der Waals surface area contributed by atoms with E-state index in [1.54, 1.807) is 36.4 Å². The van der Waals surface area contributed by atoms with Gasteiger partial charge in [-0.15, -0.1) is 0 Å². The van der Waals surface area contributed by atoms with Crippen LogP contribution in [-0.2, 0) is 6.42 Å². The molecule has 0 radical (unpaired) electrons. The summed E-state index contributed by atoms with van der Waals surface area (Å²) < 4.78 is 5.27. The van der Waals surface area contributed by atoms with E-state index in [2.05, 4.69) is 0 Å². The van der Waals surface area contributed by atoms with Crippen molar-refractivity contribution in [1.82, 2.24) is 0 Å². The van der Waals surface area contributed by atoms with Gasteiger partial charge in [0, 0.05) is 6.42 Å². The molecule has 0 aromatic heterocycles. The Bertz CT molecular complexity index is 629. The minimum Gasteiger partial charge on any atom is -0.422 e. The van der Waals surface area contributed by atoms with Crippen LogP contribution in [0, 0.1) is 0 Å². The molecule has 0 heterocycles. The van der Waals surface area contributed by atoms with Crippen molar-refractivity contribution in [3.05, 3.63) is 65.2 Å². The van der Waals surface area contributed by atoms with Crippen molar-refractivity contribution >= 4 is 11.8 Å². The fraction of sp³-hybridized carbons (Fsp3) is 0.0667. The average Bonchev–Trinajstić information content (AvgIpc) is 2.38. The van der Waals surface area contributed by atoms with E-state index in [0.29, 0.717) is 23.3 Å². The largest absolute Gasteiger partial charge is 0.422 e. The molecule has 0 atom stereocenters. The highest BCUT2D eigenvalue weighted by molar-refractivity contribution is 6.09. The Morgan fingerprint density at radius 1 is 1.00 bits per heavy atom. The number of carbonyl (C=O) groups excluding carboxylic acids is 2. The number of carbonyl (C=O) groups is 2. The summed E-state index contributed by atoms with van der Waals surface area (Å²) in [5, 5.41) is 0. The van der Waals surface area contributed by atoms with Crippen molar-refractivity contribution in [3.8, 4) is 5.75 Å². The summed E-state index contributed by atoms with van der Waals surface area (Å²) in [6, 6.07) is 14.0. The Labute approximate surface area is 104 Å². The summed E-state index contributed by atoms with van der Waals surface area (Å²) in [4.78, 5) is 23.3. The highest BCUT2D eigenvalue weighted by Crippen LogP contribution is 2.32. The fourth-order valence-corrected chi connectivity index (χ4v) is 2.01. The molecule has 0 fully saturated rings. The van der Waals surface area contributed by atoms with Crippen LogP contribution in [0.2, 0.25) is 0 Å². The van der Waals surface area contributed by atoms with Gasteiger partial charge in [0.2, 0.25) is 0 Å². The highest BCUT2D eigenvalue weighted by Gasteiger charge is 2.28. The lowest BCUT2D eigenvalue weighted by molar-refractivity contribution is 0.0731. The zero-order chi connectivity index (χ0) is 12.5. The molecule has 2 aromatic carbocycles. The van der Waals surface area contributed by atoms with Gasteiger partial charge in [-0.3, -0.25) is 4.79 Å². The first-order valence-corrected chi connectivity index (χ1v) is 5.68. The molecular weight excluding hydrogens is 228 g/mol. The molecule has 3 nitrogen and oxygen atoms in total. The van der Waals surface area contributed by atoms with Crippen LogP contribution in [0.25, 0.3) is 0 Å². The first-order chi connectivity index (χ1) is 8.75. The number of esters is 1. The third-order valence-electron chi connectivity index (χ3n) is 2.95. The standard InChI is InChI=1S/C15H10O3/c16-12-9-11-7-4-8-13(14(11)12)18-15(17)10-5-2-1-3-6-10/h1-8H,9H2. The molecule has 0 spiro atoms. The van der Waals surface area contributed by atoms with E-state index < -0.39 is 5.97 Å². The van der Waals surface area contributed by atoms with Crippen LogP contribution in [0.1, 0.15) is 26.3 Å². The van der Waals surface area contributed by atoms with Gasteiger partial charge < -0.3 is 4.74 Å². The lowest BCUT2D eigenvalue weighted by Gasteiger charge is -2.19. The summed E-state index contributed by atoms with van der Waals surface area (Å²) in [5.74, 6) is -0.0530. The van der Waals surface area contributed by atoms with Crippen LogP contribution >= 0.6 is 0 Å². The molecule has 0 aliphatic heterocycles. The number of hydrogen-bond acceptors (Lipinski definition) is 3. The summed E-state index contributed by atoms with van der Waals surface area (Å²) in [5.41, 5.74) is 1.96. The van der Waals surface area contributed by atoms with Gasteiger partial charge in [0.05, 0.1) is 11.1 Å². The quantitative estimate of drug-likeness (QED) is 0.596. The first-order valence-electron chi connectivity index (χ1n) is 5.68. The molecular formula is C15H10O3. The number of Topliss-reactive ketones (excluding diaryl/α,β-unsaturated/α-hetero) is 1. The number of ketones is 1. The molecule has 2 aromatic rings.